The quantitative estimate of drug-likeness (QED) is 0.366. The molecule has 170 valence electrons. The van der Waals surface area contributed by atoms with Crippen LogP contribution in [0.1, 0.15) is 11.1 Å². The summed E-state index contributed by atoms with van der Waals surface area (Å²) in [5, 5.41) is 0.819. The highest BCUT2D eigenvalue weighted by Gasteiger charge is 2.12. The van der Waals surface area contributed by atoms with Crippen molar-refractivity contribution in [1.82, 2.24) is 14.1 Å². The molecule has 5 rings (SSSR count). The average Bonchev–Trinajstić information content (AvgIpc) is 2.87. The molecule has 0 bridgehead atoms. The van der Waals surface area contributed by atoms with Gasteiger partial charge in [0, 0.05) is 18.0 Å². The molecule has 7 nitrogen and oxygen atoms in total. The molecule has 0 N–H and O–H groups in total. The summed E-state index contributed by atoms with van der Waals surface area (Å²) in [5.74, 6) is 1.47. The third-order valence-corrected chi connectivity index (χ3v) is 5.93. The minimum absolute atomic E-state index is 0.192. The average molecular weight is 453 g/mol. The highest BCUT2D eigenvalue weighted by molar-refractivity contribution is 5.91. The van der Waals surface area contributed by atoms with Crippen molar-refractivity contribution in [2.75, 3.05) is 14.2 Å². The number of pyridine rings is 3. The first kappa shape index (κ1) is 21.5. The van der Waals surface area contributed by atoms with Gasteiger partial charge in [-0.15, -0.1) is 0 Å². The molecule has 0 radical (unpaired) electrons. The predicted octanol–water partition coefficient (Wildman–Crippen LogP) is 3.83. The summed E-state index contributed by atoms with van der Waals surface area (Å²) in [6.07, 6.45) is 3.46. The van der Waals surface area contributed by atoms with Crippen LogP contribution in [0.25, 0.3) is 21.8 Å². The second-order valence-electron chi connectivity index (χ2n) is 8.01. The van der Waals surface area contributed by atoms with Crippen LogP contribution in [0.3, 0.4) is 0 Å². The molecule has 3 heterocycles. The van der Waals surface area contributed by atoms with Crippen molar-refractivity contribution in [3.05, 3.63) is 111 Å². The first-order valence-corrected chi connectivity index (χ1v) is 10.9. The van der Waals surface area contributed by atoms with Gasteiger partial charge in [-0.25, -0.2) is 4.98 Å². The van der Waals surface area contributed by atoms with Gasteiger partial charge in [-0.05, 0) is 42.0 Å². The van der Waals surface area contributed by atoms with Crippen molar-refractivity contribution in [3.63, 3.8) is 0 Å². The lowest BCUT2D eigenvalue weighted by Gasteiger charge is -2.12. The summed E-state index contributed by atoms with van der Waals surface area (Å²) in [6, 6.07) is 20.4. The van der Waals surface area contributed by atoms with Crippen molar-refractivity contribution in [2.45, 2.75) is 13.1 Å². The molecule has 34 heavy (non-hydrogen) atoms. The molecule has 0 amide bonds. The van der Waals surface area contributed by atoms with Crippen LogP contribution in [0.2, 0.25) is 0 Å². The molecule has 0 aliphatic rings. The van der Waals surface area contributed by atoms with Crippen LogP contribution in [0.5, 0.6) is 11.5 Å². The van der Waals surface area contributed by atoms with Crippen molar-refractivity contribution in [1.29, 1.82) is 0 Å². The summed E-state index contributed by atoms with van der Waals surface area (Å²) in [5.41, 5.74) is 2.58. The zero-order valence-electron chi connectivity index (χ0n) is 18.9. The minimum Gasteiger partial charge on any atom is -0.497 e. The Labute approximate surface area is 195 Å². The lowest BCUT2D eigenvalue weighted by atomic mass is 10.1. The van der Waals surface area contributed by atoms with Crippen LogP contribution in [-0.2, 0) is 13.1 Å². The molecule has 0 aliphatic carbocycles. The lowest BCUT2D eigenvalue weighted by Crippen LogP contribution is -2.23. The SMILES string of the molecule is COc1ccc(Cn2ccc3nc4ccn(Cc5ccccc5OC)c(=O)c4cc3c2=O)cc1. The standard InChI is InChI=1S/C27H23N3O4/c1-33-20-9-7-18(8-10-20)16-29-13-11-23-21(26(29)31)15-22-24(28-23)12-14-30(27(22)32)17-19-5-3-4-6-25(19)34-2/h3-15H,16-17H2,1-2H3. The molecule has 0 saturated heterocycles. The van der Waals surface area contributed by atoms with E-state index in [1.807, 2.05) is 48.5 Å². The highest BCUT2D eigenvalue weighted by atomic mass is 16.5. The number of hydrogen-bond acceptors (Lipinski definition) is 5. The fraction of sp³-hybridized carbons (Fsp3) is 0.148. The number of methoxy groups -OCH3 is 2. The number of ether oxygens (including phenoxy) is 2. The second-order valence-corrected chi connectivity index (χ2v) is 8.01. The van der Waals surface area contributed by atoms with Gasteiger partial charge >= 0.3 is 0 Å². The van der Waals surface area contributed by atoms with Gasteiger partial charge in [0.05, 0.1) is 49.1 Å². The van der Waals surface area contributed by atoms with Gasteiger partial charge in [0.2, 0.25) is 0 Å². The third-order valence-electron chi connectivity index (χ3n) is 5.93. The first-order chi connectivity index (χ1) is 16.6. The highest BCUT2D eigenvalue weighted by Crippen LogP contribution is 2.19. The van der Waals surface area contributed by atoms with Gasteiger partial charge in [-0.1, -0.05) is 30.3 Å². The van der Waals surface area contributed by atoms with Crippen LogP contribution in [-0.4, -0.2) is 28.3 Å². The van der Waals surface area contributed by atoms with Crippen molar-refractivity contribution >= 4 is 21.8 Å². The van der Waals surface area contributed by atoms with Crippen LogP contribution < -0.4 is 20.6 Å². The van der Waals surface area contributed by atoms with Gasteiger partial charge < -0.3 is 18.6 Å². The normalized spacial score (nSPS) is 11.1. The fourth-order valence-corrected chi connectivity index (χ4v) is 4.10. The molecule has 0 aliphatic heterocycles. The predicted molar refractivity (Wildman–Crippen MR) is 132 cm³/mol. The maximum Gasteiger partial charge on any atom is 0.260 e. The van der Waals surface area contributed by atoms with Crippen molar-refractivity contribution < 1.29 is 9.47 Å². The van der Waals surface area contributed by atoms with Crippen LogP contribution in [0, 0.1) is 0 Å². The van der Waals surface area contributed by atoms with Gasteiger partial charge in [0.1, 0.15) is 11.5 Å². The monoisotopic (exact) mass is 453 g/mol. The van der Waals surface area contributed by atoms with E-state index in [4.69, 9.17) is 9.47 Å². The van der Waals surface area contributed by atoms with E-state index >= 15 is 0 Å². The number of hydrogen-bond donors (Lipinski definition) is 0. The zero-order chi connectivity index (χ0) is 23.7. The third kappa shape index (κ3) is 3.92. The number of para-hydroxylation sites is 1. The molecular weight excluding hydrogens is 430 g/mol. The zero-order valence-corrected chi connectivity index (χ0v) is 18.9. The molecule has 0 unspecified atom stereocenters. The van der Waals surface area contributed by atoms with Gasteiger partial charge in [0.15, 0.2) is 0 Å². The molecule has 3 aromatic heterocycles. The molecule has 0 spiro atoms. The van der Waals surface area contributed by atoms with E-state index in [0.717, 1.165) is 16.9 Å². The first-order valence-electron chi connectivity index (χ1n) is 10.9. The van der Waals surface area contributed by atoms with E-state index in [-0.39, 0.29) is 11.1 Å². The summed E-state index contributed by atoms with van der Waals surface area (Å²) < 4.78 is 13.8. The number of aromatic nitrogens is 3. The second kappa shape index (κ2) is 8.86. The molecule has 7 heteroatoms. The fourth-order valence-electron chi connectivity index (χ4n) is 4.10. The minimum atomic E-state index is -0.206. The van der Waals surface area contributed by atoms with Crippen LogP contribution >= 0.6 is 0 Å². The summed E-state index contributed by atoms with van der Waals surface area (Å²) in [7, 11) is 3.22. The van der Waals surface area contributed by atoms with E-state index in [0.29, 0.717) is 40.6 Å². The van der Waals surface area contributed by atoms with E-state index in [9.17, 15) is 9.59 Å². The number of benzene rings is 2. The summed E-state index contributed by atoms with van der Waals surface area (Å²) >= 11 is 0. The number of fused-ring (bicyclic) bond motifs is 2. The molecule has 0 fully saturated rings. The largest absolute Gasteiger partial charge is 0.497 e. The van der Waals surface area contributed by atoms with Gasteiger partial charge in [-0.3, -0.25) is 9.59 Å². The van der Waals surface area contributed by atoms with E-state index in [2.05, 4.69) is 4.98 Å². The molecule has 2 aromatic carbocycles. The van der Waals surface area contributed by atoms with Crippen LogP contribution in [0.15, 0.2) is 88.7 Å². The number of nitrogens with zero attached hydrogens (tertiary/aromatic N) is 3. The molecule has 5 aromatic rings. The summed E-state index contributed by atoms with van der Waals surface area (Å²) in [4.78, 5) is 31.1. The van der Waals surface area contributed by atoms with Crippen molar-refractivity contribution in [2.24, 2.45) is 0 Å². The van der Waals surface area contributed by atoms with Gasteiger partial charge in [-0.2, -0.15) is 0 Å². The number of rotatable bonds is 6. The Balaban J connectivity index is 1.56. The smallest absolute Gasteiger partial charge is 0.260 e. The topological polar surface area (TPSA) is 75.3 Å². The Kier molecular flexibility index (Phi) is 5.59. The Hall–Kier alpha value is -4.39. The van der Waals surface area contributed by atoms with Crippen LogP contribution in [0.4, 0.5) is 0 Å². The Bertz CT molecular complexity index is 1620. The van der Waals surface area contributed by atoms with E-state index < -0.39 is 0 Å². The Morgan fingerprint density at radius 2 is 1.35 bits per heavy atom. The Morgan fingerprint density at radius 1 is 0.735 bits per heavy atom. The molecular formula is C27H23N3O4. The molecule has 0 saturated carbocycles. The van der Waals surface area contributed by atoms with Gasteiger partial charge in [0.25, 0.3) is 11.1 Å². The summed E-state index contributed by atoms with van der Waals surface area (Å²) in [6.45, 7) is 0.761. The Morgan fingerprint density at radius 3 is 1.97 bits per heavy atom. The maximum absolute atomic E-state index is 13.3. The van der Waals surface area contributed by atoms with E-state index in [1.165, 1.54) is 0 Å². The maximum atomic E-state index is 13.3. The van der Waals surface area contributed by atoms with Crippen molar-refractivity contribution in [3.8, 4) is 11.5 Å². The van der Waals surface area contributed by atoms with E-state index in [1.54, 1.807) is 53.9 Å². The lowest BCUT2D eigenvalue weighted by molar-refractivity contribution is 0.408. The molecule has 0 atom stereocenters.